The number of benzene rings is 1. The van der Waals surface area contributed by atoms with Crippen molar-refractivity contribution in [3.8, 4) is 0 Å². The molecule has 2 aromatic rings. The summed E-state index contributed by atoms with van der Waals surface area (Å²) in [5.74, 6) is 0.656. The van der Waals surface area contributed by atoms with Crippen molar-refractivity contribution in [2.24, 2.45) is 4.99 Å². The van der Waals surface area contributed by atoms with Gasteiger partial charge in [-0.25, -0.2) is 9.98 Å². The summed E-state index contributed by atoms with van der Waals surface area (Å²) >= 11 is 9.31. The van der Waals surface area contributed by atoms with E-state index in [4.69, 9.17) is 11.6 Å². The molecule has 4 heteroatoms. The molecule has 0 fully saturated rings. The quantitative estimate of drug-likeness (QED) is 0.760. The van der Waals surface area contributed by atoms with Gasteiger partial charge in [-0.05, 0) is 34.1 Å². The van der Waals surface area contributed by atoms with Gasteiger partial charge in [0.25, 0.3) is 0 Å². The Kier molecular flexibility index (Phi) is 3.70. The van der Waals surface area contributed by atoms with Crippen LogP contribution in [0.15, 0.2) is 52.1 Å². The van der Waals surface area contributed by atoms with Crippen molar-refractivity contribution in [1.82, 2.24) is 4.98 Å². The van der Waals surface area contributed by atoms with Gasteiger partial charge in [0, 0.05) is 27.5 Å². The molecule has 0 aliphatic rings. The molecule has 0 unspecified atom stereocenters. The molecule has 0 bridgehead atoms. The number of pyridine rings is 1. The van der Waals surface area contributed by atoms with Crippen LogP contribution in [-0.2, 0) is 0 Å². The Morgan fingerprint density at radius 2 is 2.00 bits per heavy atom. The Labute approximate surface area is 107 Å². The summed E-state index contributed by atoms with van der Waals surface area (Å²) in [5.41, 5.74) is 0.883. The highest BCUT2D eigenvalue weighted by molar-refractivity contribution is 9.10. The normalized spacial score (nSPS) is 10.9. The number of aliphatic imine (C=N–C) groups is 1. The molecule has 0 atom stereocenters. The molecule has 0 aliphatic carbocycles. The number of rotatable bonds is 2. The van der Waals surface area contributed by atoms with Crippen LogP contribution in [-0.4, -0.2) is 11.2 Å². The molecular weight excluding hydrogens is 288 g/mol. The molecule has 0 saturated heterocycles. The fourth-order valence-corrected chi connectivity index (χ4v) is 1.58. The lowest BCUT2D eigenvalue weighted by molar-refractivity contribution is 1.26. The van der Waals surface area contributed by atoms with Crippen molar-refractivity contribution in [2.75, 3.05) is 0 Å². The third kappa shape index (κ3) is 2.90. The highest BCUT2D eigenvalue weighted by Crippen LogP contribution is 2.15. The molecule has 1 aromatic heterocycles. The second kappa shape index (κ2) is 5.23. The lowest BCUT2D eigenvalue weighted by atomic mass is 10.2. The maximum atomic E-state index is 6.00. The van der Waals surface area contributed by atoms with Crippen molar-refractivity contribution < 1.29 is 0 Å². The minimum atomic E-state index is 0.656. The van der Waals surface area contributed by atoms with E-state index in [1.54, 1.807) is 12.4 Å². The summed E-state index contributed by atoms with van der Waals surface area (Å²) in [7, 11) is 0. The molecule has 0 spiro atoms. The predicted octanol–water partition coefficient (Wildman–Crippen LogP) is 4.25. The average molecular weight is 296 g/mol. The van der Waals surface area contributed by atoms with Crippen LogP contribution in [0.25, 0.3) is 0 Å². The third-order valence-electron chi connectivity index (χ3n) is 1.95. The van der Waals surface area contributed by atoms with E-state index < -0.39 is 0 Å². The first kappa shape index (κ1) is 11.3. The van der Waals surface area contributed by atoms with E-state index in [0.717, 1.165) is 10.0 Å². The highest BCUT2D eigenvalue weighted by atomic mass is 79.9. The number of aromatic nitrogens is 1. The van der Waals surface area contributed by atoms with Gasteiger partial charge < -0.3 is 0 Å². The van der Waals surface area contributed by atoms with E-state index in [1.165, 1.54) is 0 Å². The molecular formula is C12H8BrClN2. The molecule has 1 aromatic carbocycles. The standard InChI is InChI=1S/C12H8BrClN2/c13-10-5-6-12(16-8-10)15-7-9-3-1-2-4-11(9)14/h1-8H. The molecule has 1 heterocycles. The van der Waals surface area contributed by atoms with Crippen LogP contribution in [0, 0.1) is 0 Å². The molecule has 80 valence electrons. The number of hydrogen-bond acceptors (Lipinski definition) is 2. The predicted molar refractivity (Wildman–Crippen MR) is 70.6 cm³/mol. The molecule has 2 rings (SSSR count). The summed E-state index contributed by atoms with van der Waals surface area (Å²) < 4.78 is 0.934. The van der Waals surface area contributed by atoms with Crippen LogP contribution < -0.4 is 0 Å². The Morgan fingerprint density at radius 1 is 1.19 bits per heavy atom. The Balaban J connectivity index is 2.21. The molecule has 0 amide bonds. The largest absolute Gasteiger partial charge is 0.237 e. The topological polar surface area (TPSA) is 25.2 Å². The van der Waals surface area contributed by atoms with Crippen LogP contribution in [0.2, 0.25) is 5.02 Å². The van der Waals surface area contributed by atoms with Crippen molar-refractivity contribution >= 4 is 39.6 Å². The Bertz CT molecular complexity index is 509. The van der Waals surface area contributed by atoms with Crippen molar-refractivity contribution in [1.29, 1.82) is 0 Å². The zero-order valence-corrected chi connectivity index (χ0v) is 10.6. The molecule has 0 aliphatic heterocycles. The first-order valence-corrected chi connectivity index (χ1v) is 5.83. The fraction of sp³-hybridized carbons (Fsp3) is 0. The molecule has 0 saturated carbocycles. The van der Waals surface area contributed by atoms with E-state index in [-0.39, 0.29) is 0 Å². The zero-order chi connectivity index (χ0) is 11.4. The summed E-state index contributed by atoms with van der Waals surface area (Å²) in [6, 6.07) is 11.3. The van der Waals surface area contributed by atoms with Gasteiger partial charge in [0.15, 0.2) is 5.82 Å². The smallest absolute Gasteiger partial charge is 0.151 e. The highest BCUT2D eigenvalue weighted by Gasteiger charge is 1.95. The average Bonchev–Trinajstić information content (AvgIpc) is 2.30. The van der Waals surface area contributed by atoms with Gasteiger partial charge in [0.2, 0.25) is 0 Å². The second-order valence-corrected chi connectivity index (χ2v) is 4.44. The Morgan fingerprint density at radius 3 is 2.69 bits per heavy atom. The summed E-state index contributed by atoms with van der Waals surface area (Å²) in [6.07, 6.45) is 3.41. The summed E-state index contributed by atoms with van der Waals surface area (Å²) in [5, 5.41) is 0.684. The van der Waals surface area contributed by atoms with Crippen LogP contribution in [0.5, 0.6) is 0 Å². The number of halogens is 2. The Hall–Kier alpha value is -1.19. The van der Waals surface area contributed by atoms with E-state index in [1.807, 2.05) is 36.4 Å². The van der Waals surface area contributed by atoms with E-state index in [0.29, 0.717) is 10.8 Å². The van der Waals surface area contributed by atoms with Crippen LogP contribution in [0.4, 0.5) is 5.82 Å². The van der Waals surface area contributed by atoms with Gasteiger partial charge >= 0.3 is 0 Å². The molecule has 16 heavy (non-hydrogen) atoms. The first-order chi connectivity index (χ1) is 7.75. The molecule has 0 N–H and O–H groups in total. The van der Waals surface area contributed by atoms with Crippen LogP contribution >= 0.6 is 27.5 Å². The first-order valence-electron chi connectivity index (χ1n) is 4.66. The SMILES string of the molecule is Clc1ccccc1C=Nc1ccc(Br)cn1. The minimum Gasteiger partial charge on any atom is -0.237 e. The van der Waals surface area contributed by atoms with Gasteiger partial charge in [0.1, 0.15) is 0 Å². The number of hydrogen-bond donors (Lipinski definition) is 0. The molecule has 0 radical (unpaired) electrons. The van der Waals surface area contributed by atoms with Gasteiger partial charge in [-0.1, -0.05) is 29.8 Å². The van der Waals surface area contributed by atoms with Gasteiger partial charge in [0.05, 0.1) is 0 Å². The maximum absolute atomic E-state index is 6.00. The van der Waals surface area contributed by atoms with Crippen molar-refractivity contribution in [3.63, 3.8) is 0 Å². The van der Waals surface area contributed by atoms with E-state index in [2.05, 4.69) is 25.9 Å². The minimum absolute atomic E-state index is 0.656. The maximum Gasteiger partial charge on any atom is 0.151 e. The number of nitrogens with zero attached hydrogens (tertiary/aromatic N) is 2. The van der Waals surface area contributed by atoms with Gasteiger partial charge in [-0.2, -0.15) is 0 Å². The van der Waals surface area contributed by atoms with Crippen molar-refractivity contribution in [3.05, 3.63) is 57.7 Å². The van der Waals surface area contributed by atoms with Crippen LogP contribution in [0.1, 0.15) is 5.56 Å². The summed E-state index contributed by atoms with van der Waals surface area (Å²) in [4.78, 5) is 8.37. The van der Waals surface area contributed by atoms with Gasteiger partial charge in [-0.3, -0.25) is 0 Å². The zero-order valence-electron chi connectivity index (χ0n) is 8.27. The lowest BCUT2D eigenvalue weighted by Crippen LogP contribution is -1.82. The van der Waals surface area contributed by atoms with E-state index >= 15 is 0 Å². The fourth-order valence-electron chi connectivity index (χ4n) is 1.16. The van der Waals surface area contributed by atoms with Crippen molar-refractivity contribution in [2.45, 2.75) is 0 Å². The summed E-state index contributed by atoms with van der Waals surface area (Å²) in [6.45, 7) is 0. The van der Waals surface area contributed by atoms with E-state index in [9.17, 15) is 0 Å². The third-order valence-corrected chi connectivity index (χ3v) is 2.77. The monoisotopic (exact) mass is 294 g/mol. The molecule has 2 nitrogen and oxygen atoms in total. The van der Waals surface area contributed by atoms with Crippen LogP contribution in [0.3, 0.4) is 0 Å². The second-order valence-electron chi connectivity index (χ2n) is 3.11. The van der Waals surface area contributed by atoms with Gasteiger partial charge in [-0.15, -0.1) is 0 Å². The lowest BCUT2D eigenvalue weighted by Gasteiger charge is -1.96.